The van der Waals surface area contributed by atoms with Crippen molar-refractivity contribution in [3.8, 4) is 0 Å². The van der Waals surface area contributed by atoms with Crippen molar-refractivity contribution in [2.75, 3.05) is 24.7 Å². The Balaban J connectivity index is 1.45. The van der Waals surface area contributed by atoms with Crippen LogP contribution >= 0.6 is 11.8 Å². The summed E-state index contributed by atoms with van der Waals surface area (Å²) in [4.78, 5) is 0. The van der Waals surface area contributed by atoms with E-state index in [4.69, 9.17) is 4.74 Å². The first-order chi connectivity index (χ1) is 10.3. The third-order valence-electron chi connectivity index (χ3n) is 5.73. The van der Waals surface area contributed by atoms with E-state index in [9.17, 15) is 0 Å². The summed E-state index contributed by atoms with van der Waals surface area (Å²) in [5.41, 5.74) is 0.278. The molecule has 2 saturated heterocycles. The molecule has 21 heavy (non-hydrogen) atoms. The second-order valence-electron chi connectivity index (χ2n) is 7.48. The molecule has 3 fully saturated rings. The van der Waals surface area contributed by atoms with Crippen molar-refractivity contribution in [1.29, 1.82) is 0 Å². The molecule has 2 atom stereocenters. The molecule has 0 bridgehead atoms. The molecule has 2 nitrogen and oxygen atoms in total. The quantitative estimate of drug-likeness (QED) is 0.760. The zero-order chi connectivity index (χ0) is 14.5. The molecule has 1 N–H and O–H groups in total. The predicted octanol–water partition coefficient (Wildman–Crippen LogP) is 4.24. The van der Waals surface area contributed by atoms with Crippen LogP contribution in [0.1, 0.15) is 64.7 Å². The Kier molecular flexibility index (Phi) is 5.92. The largest absolute Gasteiger partial charge is 0.375 e. The van der Waals surface area contributed by atoms with Crippen LogP contribution in [-0.2, 0) is 4.74 Å². The Morgan fingerprint density at radius 1 is 1.24 bits per heavy atom. The highest BCUT2D eigenvalue weighted by Crippen LogP contribution is 2.42. The summed E-state index contributed by atoms with van der Waals surface area (Å²) in [7, 11) is 0. The summed E-state index contributed by atoms with van der Waals surface area (Å²) < 4.78 is 6.24. The Bertz CT molecular complexity index is 307. The van der Waals surface area contributed by atoms with Crippen LogP contribution in [0.15, 0.2) is 0 Å². The third-order valence-corrected chi connectivity index (χ3v) is 6.72. The summed E-state index contributed by atoms with van der Waals surface area (Å²) in [5.74, 6) is 4.55. The molecule has 0 aromatic rings. The van der Waals surface area contributed by atoms with E-state index in [1.807, 2.05) is 0 Å². The molecule has 0 aromatic heterocycles. The van der Waals surface area contributed by atoms with Crippen LogP contribution in [0.25, 0.3) is 0 Å². The van der Waals surface area contributed by atoms with Crippen molar-refractivity contribution in [1.82, 2.24) is 5.32 Å². The van der Waals surface area contributed by atoms with Gasteiger partial charge in [0.05, 0.1) is 5.60 Å². The molecule has 1 saturated carbocycles. The molecule has 0 amide bonds. The van der Waals surface area contributed by atoms with Crippen LogP contribution in [0.3, 0.4) is 0 Å². The average molecular weight is 312 g/mol. The van der Waals surface area contributed by atoms with Crippen LogP contribution < -0.4 is 5.32 Å². The van der Waals surface area contributed by atoms with E-state index in [0.717, 1.165) is 24.5 Å². The fraction of sp³-hybridized carbons (Fsp3) is 1.00. The van der Waals surface area contributed by atoms with E-state index >= 15 is 0 Å². The monoisotopic (exact) mass is 311 g/mol. The van der Waals surface area contributed by atoms with E-state index < -0.39 is 0 Å². The molecule has 2 heterocycles. The first-order valence-corrected chi connectivity index (χ1v) is 10.4. The number of rotatable bonds is 7. The van der Waals surface area contributed by atoms with Crippen molar-refractivity contribution in [2.45, 2.75) is 76.4 Å². The van der Waals surface area contributed by atoms with Gasteiger partial charge in [-0.15, -0.1) is 0 Å². The normalized spacial score (nSPS) is 30.4. The highest BCUT2D eigenvalue weighted by atomic mass is 32.2. The highest BCUT2D eigenvalue weighted by Gasteiger charge is 2.39. The standard InChI is InChI=1S/C18H33NOS/c1-2-10-19-17(16-4-5-16)6-3-15-7-11-20-18(14-15)8-12-21-13-9-18/h15-17,19H,2-14H2,1H3. The number of hydrogen-bond donors (Lipinski definition) is 1. The van der Waals surface area contributed by atoms with Crippen molar-refractivity contribution < 1.29 is 4.74 Å². The Hall–Kier alpha value is 0.270. The van der Waals surface area contributed by atoms with Gasteiger partial charge in [-0.2, -0.15) is 11.8 Å². The van der Waals surface area contributed by atoms with Crippen molar-refractivity contribution in [3.05, 3.63) is 0 Å². The summed E-state index contributed by atoms with van der Waals surface area (Å²) in [6.45, 7) is 4.50. The first-order valence-electron chi connectivity index (χ1n) is 9.26. The minimum absolute atomic E-state index is 0.278. The first kappa shape index (κ1) is 16.1. The van der Waals surface area contributed by atoms with Crippen LogP contribution in [0, 0.1) is 11.8 Å². The Labute approximate surface area is 135 Å². The fourth-order valence-corrected chi connectivity index (χ4v) is 5.45. The van der Waals surface area contributed by atoms with Gasteiger partial charge in [0.2, 0.25) is 0 Å². The van der Waals surface area contributed by atoms with E-state index in [0.29, 0.717) is 0 Å². The molecule has 3 heteroatoms. The van der Waals surface area contributed by atoms with Crippen LogP contribution in [0.5, 0.6) is 0 Å². The molecule has 122 valence electrons. The smallest absolute Gasteiger partial charge is 0.0700 e. The molecule has 0 radical (unpaired) electrons. The maximum absolute atomic E-state index is 6.24. The van der Waals surface area contributed by atoms with Gasteiger partial charge in [-0.25, -0.2) is 0 Å². The second kappa shape index (κ2) is 7.70. The fourth-order valence-electron chi connectivity index (χ4n) is 4.22. The molecular weight excluding hydrogens is 278 g/mol. The van der Waals surface area contributed by atoms with E-state index in [1.165, 1.54) is 75.8 Å². The molecular formula is C18H33NOS. The van der Waals surface area contributed by atoms with E-state index in [-0.39, 0.29) is 5.60 Å². The maximum Gasteiger partial charge on any atom is 0.0700 e. The Morgan fingerprint density at radius 3 is 2.76 bits per heavy atom. The predicted molar refractivity (Wildman–Crippen MR) is 92.0 cm³/mol. The van der Waals surface area contributed by atoms with Crippen LogP contribution in [-0.4, -0.2) is 36.3 Å². The average Bonchev–Trinajstić information content (AvgIpc) is 3.33. The van der Waals surface area contributed by atoms with Gasteiger partial charge in [0.25, 0.3) is 0 Å². The highest BCUT2D eigenvalue weighted by molar-refractivity contribution is 7.99. The van der Waals surface area contributed by atoms with E-state index in [1.54, 1.807) is 0 Å². The lowest BCUT2D eigenvalue weighted by atomic mass is 9.79. The van der Waals surface area contributed by atoms with Crippen molar-refractivity contribution in [3.63, 3.8) is 0 Å². The summed E-state index contributed by atoms with van der Waals surface area (Å²) >= 11 is 2.11. The Morgan fingerprint density at radius 2 is 2.05 bits per heavy atom. The van der Waals surface area contributed by atoms with Gasteiger partial charge < -0.3 is 10.1 Å². The van der Waals surface area contributed by atoms with Gasteiger partial charge in [0, 0.05) is 12.6 Å². The molecule has 2 unspecified atom stereocenters. The number of hydrogen-bond acceptors (Lipinski definition) is 3. The minimum atomic E-state index is 0.278. The lowest BCUT2D eigenvalue weighted by Gasteiger charge is -2.43. The summed E-state index contributed by atoms with van der Waals surface area (Å²) in [6, 6.07) is 0.811. The van der Waals surface area contributed by atoms with Crippen LogP contribution in [0.4, 0.5) is 0 Å². The minimum Gasteiger partial charge on any atom is -0.375 e. The zero-order valence-corrected chi connectivity index (χ0v) is 14.6. The van der Waals surface area contributed by atoms with Crippen molar-refractivity contribution >= 4 is 11.8 Å². The molecule has 3 aliphatic rings. The number of nitrogens with one attached hydrogen (secondary N) is 1. The third kappa shape index (κ3) is 4.62. The molecule has 0 aromatic carbocycles. The summed E-state index contributed by atoms with van der Waals surface area (Å²) in [5, 5.41) is 3.81. The van der Waals surface area contributed by atoms with Crippen LogP contribution in [0.2, 0.25) is 0 Å². The lowest BCUT2D eigenvalue weighted by molar-refractivity contribution is -0.103. The maximum atomic E-state index is 6.24. The lowest BCUT2D eigenvalue weighted by Crippen LogP contribution is -2.43. The number of ether oxygens (including phenoxy) is 1. The van der Waals surface area contributed by atoms with Gasteiger partial charge in [-0.1, -0.05) is 6.92 Å². The van der Waals surface area contributed by atoms with Crippen molar-refractivity contribution in [2.24, 2.45) is 11.8 Å². The SMILES string of the molecule is CCCNC(CCC1CCOC2(CCSCC2)C1)C1CC1. The van der Waals surface area contributed by atoms with Gasteiger partial charge in [-0.05, 0) is 87.7 Å². The van der Waals surface area contributed by atoms with Gasteiger partial charge >= 0.3 is 0 Å². The second-order valence-corrected chi connectivity index (χ2v) is 8.70. The molecule has 1 aliphatic carbocycles. The summed E-state index contributed by atoms with van der Waals surface area (Å²) in [6.07, 6.45) is 12.3. The molecule has 3 rings (SSSR count). The van der Waals surface area contributed by atoms with E-state index in [2.05, 4.69) is 24.0 Å². The molecule has 1 spiro atoms. The van der Waals surface area contributed by atoms with Gasteiger partial charge in [-0.3, -0.25) is 0 Å². The number of thioether (sulfide) groups is 1. The van der Waals surface area contributed by atoms with Gasteiger partial charge in [0.15, 0.2) is 0 Å². The van der Waals surface area contributed by atoms with Gasteiger partial charge in [0.1, 0.15) is 0 Å². The molecule has 2 aliphatic heterocycles. The topological polar surface area (TPSA) is 21.3 Å². The zero-order valence-electron chi connectivity index (χ0n) is 13.7.